The molecule has 1 N–H and O–H groups in total. The van der Waals surface area contributed by atoms with Crippen molar-refractivity contribution in [2.24, 2.45) is 5.92 Å². The van der Waals surface area contributed by atoms with Crippen molar-refractivity contribution in [1.29, 1.82) is 0 Å². The zero-order chi connectivity index (χ0) is 16.4. The Morgan fingerprint density at radius 2 is 2.00 bits per heavy atom. The molecule has 0 unspecified atom stereocenters. The van der Waals surface area contributed by atoms with Crippen molar-refractivity contribution in [2.75, 3.05) is 12.4 Å². The molecule has 2 atom stereocenters. The highest BCUT2D eigenvalue weighted by Gasteiger charge is 2.42. The maximum Gasteiger partial charge on any atom is 0.231 e. The molecule has 3 rings (SSSR count). The predicted molar refractivity (Wildman–Crippen MR) is 87.7 cm³/mol. The van der Waals surface area contributed by atoms with E-state index in [1.165, 1.54) is 0 Å². The molecule has 0 radical (unpaired) electrons. The molecule has 5 nitrogen and oxygen atoms in total. The summed E-state index contributed by atoms with van der Waals surface area (Å²) in [4.78, 5) is 30.6. The summed E-state index contributed by atoms with van der Waals surface area (Å²) in [7, 11) is 1.75. The lowest BCUT2D eigenvalue weighted by molar-refractivity contribution is -0.127. The number of nitrogens with zero attached hydrogens (tertiary/aromatic N) is 2. The molecule has 2 aromatic rings. The van der Waals surface area contributed by atoms with E-state index >= 15 is 0 Å². The van der Waals surface area contributed by atoms with Crippen LogP contribution in [0.3, 0.4) is 0 Å². The number of aryl methyl sites for hydroxylation is 1. The maximum atomic E-state index is 12.7. The van der Waals surface area contributed by atoms with Gasteiger partial charge in [-0.25, -0.2) is 4.98 Å². The summed E-state index contributed by atoms with van der Waals surface area (Å²) in [6.07, 6.45) is 1.87. The van der Waals surface area contributed by atoms with E-state index in [0.29, 0.717) is 5.82 Å². The van der Waals surface area contributed by atoms with Crippen molar-refractivity contribution in [3.8, 4) is 0 Å². The topological polar surface area (TPSA) is 62.3 Å². The van der Waals surface area contributed by atoms with Crippen LogP contribution in [-0.2, 0) is 9.59 Å². The SMILES string of the molecule is Cc1ccnc(NC(=O)[C@H]2CC(=O)N(C)[C@@H]2c2ccccc2)c1. The summed E-state index contributed by atoms with van der Waals surface area (Å²) >= 11 is 0. The molecule has 23 heavy (non-hydrogen) atoms. The predicted octanol–water partition coefficient (Wildman–Crippen LogP) is 2.55. The first-order valence-electron chi connectivity index (χ1n) is 7.60. The van der Waals surface area contributed by atoms with E-state index in [1.54, 1.807) is 18.1 Å². The number of benzene rings is 1. The standard InChI is InChI=1S/C18H19N3O2/c1-12-8-9-19-15(10-12)20-18(23)14-11-16(22)21(2)17(14)13-6-4-3-5-7-13/h3-10,14,17H,11H2,1-2H3,(H,19,20,23)/t14-,17+/m0/s1. The highest BCUT2D eigenvalue weighted by Crippen LogP contribution is 2.37. The molecule has 1 saturated heterocycles. The first-order chi connectivity index (χ1) is 11.1. The highest BCUT2D eigenvalue weighted by atomic mass is 16.2. The summed E-state index contributed by atoms with van der Waals surface area (Å²) < 4.78 is 0. The average molecular weight is 309 g/mol. The van der Waals surface area contributed by atoms with Crippen molar-refractivity contribution < 1.29 is 9.59 Å². The number of rotatable bonds is 3. The van der Waals surface area contributed by atoms with Crippen molar-refractivity contribution in [1.82, 2.24) is 9.88 Å². The molecule has 2 amide bonds. The van der Waals surface area contributed by atoms with Gasteiger partial charge in [0.15, 0.2) is 0 Å². The number of hydrogen-bond donors (Lipinski definition) is 1. The first-order valence-corrected chi connectivity index (χ1v) is 7.60. The summed E-state index contributed by atoms with van der Waals surface area (Å²) in [5.41, 5.74) is 1.99. The third kappa shape index (κ3) is 3.08. The van der Waals surface area contributed by atoms with Crippen LogP contribution in [0.15, 0.2) is 48.7 Å². The molecule has 0 bridgehead atoms. The smallest absolute Gasteiger partial charge is 0.231 e. The Bertz CT molecular complexity index is 730. The van der Waals surface area contributed by atoms with Gasteiger partial charge in [-0.1, -0.05) is 30.3 Å². The number of aromatic nitrogens is 1. The monoisotopic (exact) mass is 309 g/mol. The van der Waals surface area contributed by atoms with Crippen LogP contribution >= 0.6 is 0 Å². The minimum absolute atomic E-state index is 0.0174. The largest absolute Gasteiger partial charge is 0.338 e. The van der Waals surface area contributed by atoms with E-state index in [9.17, 15) is 9.59 Å². The van der Waals surface area contributed by atoms with E-state index in [4.69, 9.17) is 0 Å². The minimum Gasteiger partial charge on any atom is -0.338 e. The van der Waals surface area contributed by atoms with Gasteiger partial charge in [-0.15, -0.1) is 0 Å². The zero-order valence-electron chi connectivity index (χ0n) is 13.2. The zero-order valence-corrected chi connectivity index (χ0v) is 13.2. The lowest BCUT2D eigenvalue weighted by Gasteiger charge is -2.24. The van der Waals surface area contributed by atoms with Gasteiger partial charge in [-0.2, -0.15) is 0 Å². The fourth-order valence-corrected chi connectivity index (χ4v) is 3.03. The maximum absolute atomic E-state index is 12.7. The third-order valence-electron chi connectivity index (χ3n) is 4.23. The fraction of sp³-hybridized carbons (Fsp3) is 0.278. The van der Waals surface area contributed by atoms with Crippen LogP contribution in [-0.4, -0.2) is 28.7 Å². The average Bonchev–Trinajstić information content (AvgIpc) is 2.84. The Morgan fingerprint density at radius 3 is 2.70 bits per heavy atom. The second-order valence-corrected chi connectivity index (χ2v) is 5.88. The van der Waals surface area contributed by atoms with Crippen LogP contribution < -0.4 is 5.32 Å². The molecule has 1 aromatic heterocycles. The minimum atomic E-state index is -0.419. The number of hydrogen-bond acceptors (Lipinski definition) is 3. The normalized spacial score (nSPS) is 20.6. The molecule has 2 heterocycles. The van der Waals surface area contributed by atoms with Crippen molar-refractivity contribution in [3.63, 3.8) is 0 Å². The quantitative estimate of drug-likeness (QED) is 0.948. The number of likely N-dealkylation sites (tertiary alicyclic amines) is 1. The highest BCUT2D eigenvalue weighted by molar-refractivity contribution is 5.97. The molecule has 1 aliphatic heterocycles. The van der Waals surface area contributed by atoms with Crippen LogP contribution in [0.5, 0.6) is 0 Å². The molecule has 0 aliphatic carbocycles. The summed E-state index contributed by atoms with van der Waals surface area (Å²) in [5.74, 6) is -0.0908. The van der Waals surface area contributed by atoms with Gasteiger partial charge in [0.1, 0.15) is 5.82 Å². The van der Waals surface area contributed by atoms with Gasteiger partial charge in [0.25, 0.3) is 0 Å². The lowest BCUT2D eigenvalue weighted by Crippen LogP contribution is -2.30. The fourth-order valence-electron chi connectivity index (χ4n) is 3.03. The van der Waals surface area contributed by atoms with Crippen molar-refractivity contribution in [3.05, 3.63) is 59.8 Å². The number of carbonyl (C=O) groups is 2. The van der Waals surface area contributed by atoms with Gasteiger partial charge >= 0.3 is 0 Å². The van der Waals surface area contributed by atoms with Crippen LogP contribution in [0.25, 0.3) is 0 Å². The Kier molecular flexibility index (Phi) is 4.10. The molecular weight excluding hydrogens is 290 g/mol. The molecule has 118 valence electrons. The molecule has 0 saturated carbocycles. The van der Waals surface area contributed by atoms with Crippen LogP contribution in [0.2, 0.25) is 0 Å². The summed E-state index contributed by atoms with van der Waals surface area (Å²) in [6, 6.07) is 13.1. The second-order valence-electron chi connectivity index (χ2n) is 5.88. The second kappa shape index (κ2) is 6.20. The van der Waals surface area contributed by atoms with Gasteiger partial charge in [0, 0.05) is 19.7 Å². The van der Waals surface area contributed by atoms with Crippen molar-refractivity contribution in [2.45, 2.75) is 19.4 Å². The third-order valence-corrected chi connectivity index (χ3v) is 4.23. The van der Waals surface area contributed by atoms with E-state index < -0.39 is 5.92 Å². The number of nitrogens with one attached hydrogen (secondary N) is 1. The number of carbonyl (C=O) groups excluding carboxylic acids is 2. The van der Waals surface area contributed by atoms with Crippen molar-refractivity contribution >= 4 is 17.6 Å². The summed E-state index contributed by atoms with van der Waals surface area (Å²) in [6.45, 7) is 1.94. The number of anilines is 1. The van der Waals surface area contributed by atoms with Gasteiger partial charge in [-0.3, -0.25) is 9.59 Å². The van der Waals surface area contributed by atoms with E-state index in [2.05, 4.69) is 10.3 Å². The first kappa shape index (κ1) is 15.2. The Morgan fingerprint density at radius 1 is 1.26 bits per heavy atom. The van der Waals surface area contributed by atoms with Gasteiger partial charge in [0.2, 0.25) is 11.8 Å². The van der Waals surface area contributed by atoms with Crippen LogP contribution in [0.4, 0.5) is 5.82 Å². The van der Waals surface area contributed by atoms with Gasteiger partial charge < -0.3 is 10.2 Å². The van der Waals surface area contributed by atoms with E-state index in [1.807, 2.05) is 49.4 Å². The lowest BCUT2D eigenvalue weighted by atomic mass is 9.93. The molecule has 1 aromatic carbocycles. The van der Waals surface area contributed by atoms with Crippen LogP contribution in [0, 0.1) is 12.8 Å². The molecule has 0 spiro atoms. The number of pyridine rings is 1. The van der Waals surface area contributed by atoms with E-state index in [0.717, 1.165) is 11.1 Å². The Balaban J connectivity index is 1.84. The Labute approximate surface area is 135 Å². The van der Waals surface area contributed by atoms with Gasteiger partial charge in [0.05, 0.1) is 12.0 Å². The van der Waals surface area contributed by atoms with E-state index in [-0.39, 0.29) is 24.3 Å². The number of amides is 2. The molecule has 1 aliphatic rings. The van der Waals surface area contributed by atoms with Gasteiger partial charge in [-0.05, 0) is 30.2 Å². The summed E-state index contributed by atoms with van der Waals surface area (Å²) in [5, 5.41) is 2.84. The molecular formula is C18H19N3O2. The molecule has 1 fully saturated rings. The van der Waals surface area contributed by atoms with Crippen LogP contribution in [0.1, 0.15) is 23.6 Å². The molecule has 5 heteroatoms. The Hall–Kier alpha value is -2.69.